The van der Waals surface area contributed by atoms with E-state index in [1.165, 1.54) is 0 Å². The molecular formula is C12H19N3O. The van der Waals surface area contributed by atoms with E-state index in [0.717, 1.165) is 11.4 Å². The molecule has 0 aliphatic rings. The van der Waals surface area contributed by atoms with Gasteiger partial charge in [0.1, 0.15) is 6.04 Å². The zero-order chi connectivity index (χ0) is 12.1. The lowest BCUT2D eigenvalue weighted by molar-refractivity contribution is -0.118. The summed E-state index contributed by atoms with van der Waals surface area (Å²) in [4.78, 5) is 13.1. The van der Waals surface area contributed by atoms with Crippen molar-refractivity contribution in [2.75, 3.05) is 24.3 Å². The maximum absolute atomic E-state index is 11.1. The number of nitrogens with two attached hydrogens (primary N) is 1. The van der Waals surface area contributed by atoms with Crippen LogP contribution in [0.1, 0.15) is 13.3 Å². The topological polar surface area (TPSA) is 58.4 Å². The first-order valence-electron chi connectivity index (χ1n) is 5.37. The third-order valence-electron chi connectivity index (χ3n) is 2.46. The van der Waals surface area contributed by atoms with Crippen molar-refractivity contribution in [3.8, 4) is 0 Å². The molecule has 0 heterocycles. The van der Waals surface area contributed by atoms with E-state index in [1.54, 1.807) is 0 Å². The summed E-state index contributed by atoms with van der Waals surface area (Å²) in [6.45, 7) is 1.93. The molecule has 88 valence electrons. The van der Waals surface area contributed by atoms with Gasteiger partial charge >= 0.3 is 0 Å². The number of primary amides is 1. The molecule has 1 amide bonds. The molecule has 1 unspecified atom stereocenters. The highest BCUT2D eigenvalue weighted by atomic mass is 16.1. The zero-order valence-corrected chi connectivity index (χ0v) is 10.0. The summed E-state index contributed by atoms with van der Waals surface area (Å²) in [7, 11) is 3.95. The second kappa shape index (κ2) is 5.39. The molecule has 0 saturated heterocycles. The second-order valence-corrected chi connectivity index (χ2v) is 3.95. The van der Waals surface area contributed by atoms with Crippen LogP contribution in [0.25, 0.3) is 0 Å². The van der Waals surface area contributed by atoms with Crippen LogP contribution >= 0.6 is 0 Å². The molecule has 16 heavy (non-hydrogen) atoms. The van der Waals surface area contributed by atoms with Gasteiger partial charge in [-0.25, -0.2) is 0 Å². The Hall–Kier alpha value is -1.71. The normalized spacial score (nSPS) is 11.9. The minimum absolute atomic E-state index is 0.308. The highest BCUT2D eigenvalue weighted by Gasteiger charge is 2.12. The van der Waals surface area contributed by atoms with Crippen molar-refractivity contribution in [3.63, 3.8) is 0 Å². The van der Waals surface area contributed by atoms with E-state index >= 15 is 0 Å². The fourth-order valence-corrected chi connectivity index (χ4v) is 1.45. The van der Waals surface area contributed by atoms with Crippen molar-refractivity contribution in [2.45, 2.75) is 19.4 Å². The van der Waals surface area contributed by atoms with Gasteiger partial charge in [0, 0.05) is 25.5 Å². The number of hydrogen-bond donors (Lipinski definition) is 2. The maximum Gasteiger partial charge on any atom is 0.239 e. The highest BCUT2D eigenvalue weighted by molar-refractivity contribution is 5.83. The Bertz CT molecular complexity index is 363. The minimum Gasteiger partial charge on any atom is -0.378 e. The molecule has 0 spiro atoms. The van der Waals surface area contributed by atoms with Crippen LogP contribution in [0.5, 0.6) is 0 Å². The summed E-state index contributed by atoms with van der Waals surface area (Å²) in [6.07, 6.45) is 0.682. The van der Waals surface area contributed by atoms with E-state index in [9.17, 15) is 4.79 Å². The zero-order valence-electron chi connectivity index (χ0n) is 10.0. The molecule has 0 radical (unpaired) electrons. The second-order valence-electron chi connectivity index (χ2n) is 3.95. The number of amides is 1. The van der Waals surface area contributed by atoms with Gasteiger partial charge in [-0.1, -0.05) is 13.0 Å². The predicted octanol–water partition coefficient (Wildman–Crippen LogP) is 1.43. The summed E-state index contributed by atoms with van der Waals surface area (Å²) >= 11 is 0. The molecule has 0 fully saturated rings. The molecule has 4 nitrogen and oxygen atoms in total. The van der Waals surface area contributed by atoms with Crippen molar-refractivity contribution in [2.24, 2.45) is 5.73 Å². The van der Waals surface area contributed by atoms with Gasteiger partial charge in [-0.2, -0.15) is 0 Å². The Morgan fingerprint density at radius 1 is 1.50 bits per heavy atom. The van der Waals surface area contributed by atoms with E-state index < -0.39 is 0 Å². The monoisotopic (exact) mass is 221 g/mol. The first-order chi connectivity index (χ1) is 7.54. The SMILES string of the molecule is CCC(Nc1cccc(N(C)C)c1)C(N)=O. The standard InChI is InChI=1S/C12H19N3O/c1-4-11(12(13)16)14-9-6-5-7-10(8-9)15(2)3/h5-8,11,14H,4H2,1-3H3,(H2,13,16). The number of benzene rings is 1. The minimum atomic E-state index is -0.322. The largest absolute Gasteiger partial charge is 0.378 e. The number of carbonyl (C=O) groups is 1. The molecule has 0 aliphatic carbocycles. The van der Waals surface area contributed by atoms with Crippen LogP contribution in [0.3, 0.4) is 0 Å². The Morgan fingerprint density at radius 3 is 2.69 bits per heavy atom. The lowest BCUT2D eigenvalue weighted by atomic mass is 10.2. The van der Waals surface area contributed by atoms with Crippen molar-refractivity contribution in [1.82, 2.24) is 0 Å². The van der Waals surface area contributed by atoms with Crippen LogP contribution in [0.15, 0.2) is 24.3 Å². The molecule has 0 aliphatic heterocycles. The van der Waals surface area contributed by atoms with Gasteiger partial charge in [-0.3, -0.25) is 4.79 Å². The quantitative estimate of drug-likeness (QED) is 0.790. The predicted molar refractivity (Wildman–Crippen MR) is 67.7 cm³/mol. The molecular weight excluding hydrogens is 202 g/mol. The number of nitrogens with zero attached hydrogens (tertiary/aromatic N) is 1. The average molecular weight is 221 g/mol. The summed E-state index contributed by atoms with van der Waals surface area (Å²) in [5.74, 6) is -0.322. The van der Waals surface area contributed by atoms with Crippen molar-refractivity contribution in [3.05, 3.63) is 24.3 Å². The summed E-state index contributed by atoms with van der Waals surface area (Å²) < 4.78 is 0. The Morgan fingerprint density at radius 2 is 2.19 bits per heavy atom. The third-order valence-corrected chi connectivity index (χ3v) is 2.46. The fourth-order valence-electron chi connectivity index (χ4n) is 1.45. The van der Waals surface area contributed by atoms with Crippen LogP contribution in [0.2, 0.25) is 0 Å². The molecule has 3 N–H and O–H groups in total. The molecule has 0 saturated carbocycles. The van der Waals surface area contributed by atoms with Crippen LogP contribution < -0.4 is 16.0 Å². The van der Waals surface area contributed by atoms with Crippen LogP contribution in [0, 0.1) is 0 Å². The number of nitrogens with one attached hydrogen (secondary N) is 1. The number of rotatable bonds is 5. The van der Waals surface area contributed by atoms with Gasteiger partial charge in [0.05, 0.1) is 0 Å². The van der Waals surface area contributed by atoms with Gasteiger partial charge in [0.2, 0.25) is 5.91 Å². The first kappa shape index (κ1) is 12.4. The number of anilines is 2. The Kier molecular flexibility index (Phi) is 4.17. The van der Waals surface area contributed by atoms with Gasteiger partial charge in [0.15, 0.2) is 0 Å². The number of hydrogen-bond acceptors (Lipinski definition) is 3. The van der Waals surface area contributed by atoms with E-state index in [0.29, 0.717) is 6.42 Å². The molecule has 0 aromatic heterocycles. The van der Waals surface area contributed by atoms with E-state index in [1.807, 2.05) is 50.2 Å². The third kappa shape index (κ3) is 3.15. The van der Waals surface area contributed by atoms with E-state index in [4.69, 9.17) is 5.73 Å². The van der Waals surface area contributed by atoms with Crippen LogP contribution in [-0.4, -0.2) is 26.0 Å². The smallest absolute Gasteiger partial charge is 0.239 e. The average Bonchev–Trinajstić information content (AvgIpc) is 2.25. The highest BCUT2D eigenvalue weighted by Crippen LogP contribution is 2.18. The Balaban J connectivity index is 2.80. The van der Waals surface area contributed by atoms with Crippen molar-refractivity contribution >= 4 is 17.3 Å². The molecule has 0 bridgehead atoms. The lowest BCUT2D eigenvalue weighted by Gasteiger charge is -2.17. The Labute approximate surface area is 96.4 Å². The van der Waals surface area contributed by atoms with Gasteiger partial charge < -0.3 is 16.0 Å². The van der Waals surface area contributed by atoms with Crippen LogP contribution in [-0.2, 0) is 4.79 Å². The van der Waals surface area contributed by atoms with E-state index in [2.05, 4.69) is 5.32 Å². The number of carbonyl (C=O) groups excluding carboxylic acids is 1. The molecule has 1 aromatic carbocycles. The molecule has 1 atom stereocenters. The molecule has 1 rings (SSSR count). The summed E-state index contributed by atoms with van der Waals surface area (Å²) in [6, 6.07) is 7.57. The van der Waals surface area contributed by atoms with Gasteiger partial charge in [-0.15, -0.1) is 0 Å². The van der Waals surface area contributed by atoms with Crippen LogP contribution in [0.4, 0.5) is 11.4 Å². The molecule has 1 aromatic rings. The first-order valence-corrected chi connectivity index (χ1v) is 5.37. The lowest BCUT2D eigenvalue weighted by Crippen LogP contribution is -2.34. The summed E-state index contributed by atoms with van der Waals surface area (Å²) in [5.41, 5.74) is 7.28. The van der Waals surface area contributed by atoms with Crippen molar-refractivity contribution < 1.29 is 4.79 Å². The van der Waals surface area contributed by atoms with Gasteiger partial charge in [0.25, 0.3) is 0 Å². The molecule has 4 heteroatoms. The fraction of sp³-hybridized carbons (Fsp3) is 0.417. The van der Waals surface area contributed by atoms with Crippen molar-refractivity contribution in [1.29, 1.82) is 0 Å². The summed E-state index contributed by atoms with van der Waals surface area (Å²) in [5, 5.41) is 3.12. The maximum atomic E-state index is 11.1. The van der Waals surface area contributed by atoms with Gasteiger partial charge in [-0.05, 0) is 24.6 Å². The van der Waals surface area contributed by atoms with E-state index in [-0.39, 0.29) is 11.9 Å².